The lowest BCUT2D eigenvalue weighted by Crippen LogP contribution is -2.44. The first-order valence-corrected chi connectivity index (χ1v) is 7.59. The minimum absolute atomic E-state index is 0.00718. The van der Waals surface area contributed by atoms with Crippen LogP contribution in [0.15, 0.2) is 0 Å². The fraction of sp³-hybridized carbons (Fsp3) is 0.800. The molecule has 1 saturated heterocycles. The first-order valence-electron chi connectivity index (χ1n) is 7.59. The average molecular weight is 298 g/mol. The summed E-state index contributed by atoms with van der Waals surface area (Å²) in [7, 11) is 0. The third-order valence-electron chi connectivity index (χ3n) is 3.82. The van der Waals surface area contributed by atoms with Crippen LogP contribution in [0.3, 0.4) is 0 Å². The number of carboxylic acid groups (broad SMARTS) is 1. The van der Waals surface area contributed by atoms with Crippen LogP contribution in [0.2, 0.25) is 0 Å². The summed E-state index contributed by atoms with van der Waals surface area (Å²) in [6.45, 7) is 7.20. The van der Waals surface area contributed by atoms with Crippen molar-refractivity contribution >= 4 is 17.8 Å². The van der Waals surface area contributed by atoms with E-state index in [-0.39, 0.29) is 36.0 Å². The molecule has 0 saturated carbocycles. The number of nitrogens with zero attached hydrogens (tertiary/aromatic N) is 1. The lowest BCUT2D eigenvalue weighted by Gasteiger charge is -2.32. The minimum Gasteiger partial charge on any atom is -0.481 e. The second kappa shape index (κ2) is 8.00. The molecule has 21 heavy (non-hydrogen) atoms. The van der Waals surface area contributed by atoms with Gasteiger partial charge >= 0.3 is 5.97 Å². The molecule has 0 radical (unpaired) electrons. The monoisotopic (exact) mass is 298 g/mol. The fourth-order valence-corrected chi connectivity index (χ4v) is 2.52. The van der Waals surface area contributed by atoms with E-state index in [0.29, 0.717) is 32.5 Å². The maximum atomic E-state index is 12.0. The zero-order valence-electron chi connectivity index (χ0n) is 13.1. The Balaban J connectivity index is 2.32. The van der Waals surface area contributed by atoms with Crippen LogP contribution < -0.4 is 5.32 Å². The molecule has 0 aliphatic carbocycles. The summed E-state index contributed by atoms with van der Waals surface area (Å²) >= 11 is 0. The number of carboxylic acids is 1. The summed E-state index contributed by atoms with van der Waals surface area (Å²) in [4.78, 5) is 36.3. The summed E-state index contributed by atoms with van der Waals surface area (Å²) in [5.74, 6) is -0.885. The quantitative estimate of drug-likeness (QED) is 0.769. The zero-order chi connectivity index (χ0) is 16.0. The Morgan fingerprint density at radius 3 is 2.24 bits per heavy atom. The highest BCUT2D eigenvalue weighted by Gasteiger charge is 2.28. The molecule has 120 valence electrons. The predicted octanol–water partition coefficient (Wildman–Crippen LogP) is 1.11. The number of hydrogen-bond acceptors (Lipinski definition) is 3. The normalized spacial score (nSPS) is 17.6. The molecule has 0 aromatic rings. The van der Waals surface area contributed by atoms with E-state index in [9.17, 15) is 14.4 Å². The third kappa shape index (κ3) is 5.73. The zero-order valence-corrected chi connectivity index (χ0v) is 13.1. The van der Waals surface area contributed by atoms with Gasteiger partial charge in [-0.3, -0.25) is 14.4 Å². The second-order valence-electron chi connectivity index (χ2n) is 6.20. The third-order valence-corrected chi connectivity index (χ3v) is 3.82. The molecule has 2 N–H and O–H groups in total. The number of aliphatic carboxylic acids is 1. The van der Waals surface area contributed by atoms with E-state index in [1.807, 2.05) is 18.7 Å². The van der Waals surface area contributed by atoms with Gasteiger partial charge in [0, 0.05) is 37.9 Å². The van der Waals surface area contributed by atoms with Gasteiger partial charge in [0.1, 0.15) is 0 Å². The summed E-state index contributed by atoms with van der Waals surface area (Å²) in [5.41, 5.74) is 0. The van der Waals surface area contributed by atoms with E-state index in [1.54, 1.807) is 6.92 Å². The van der Waals surface area contributed by atoms with Crippen molar-refractivity contribution in [3.63, 3.8) is 0 Å². The van der Waals surface area contributed by atoms with Crippen LogP contribution in [-0.2, 0) is 14.4 Å². The Morgan fingerprint density at radius 2 is 1.76 bits per heavy atom. The van der Waals surface area contributed by atoms with Gasteiger partial charge in [0.2, 0.25) is 11.8 Å². The topological polar surface area (TPSA) is 86.7 Å². The summed E-state index contributed by atoms with van der Waals surface area (Å²) in [6, 6.07) is 0. The van der Waals surface area contributed by atoms with Gasteiger partial charge in [-0.05, 0) is 18.8 Å². The van der Waals surface area contributed by atoms with E-state index in [1.165, 1.54) is 0 Å². The highest BCUT2D eigenvalue weighted by atomic mass is 16.4. The molecule has 0 spiro atoms. The number of hydrogen-bond donors (Lipinski definition) is 2. The first kappa shape index (κ1) is 17.5. The molecule has 1 aliphatic heterocycles. The molecule has 1 unspecified atom stereocenters. The van der Waals surface area contributed by atoms with Gasteiger partial charge in [-0.1, -0.05) is 20.8 Å². The van der Waals surface area contributed by atoms with Crippen LogP contribution in [0.4, 0.5) is 0 Å². The van der Waals surface area contributed by atoms with Crippen LogP contribution in [0.1, 0.15) is 40.0 Å². The number of nitrogens with one attached hydrogen (secondary N) is 1. The second-order valence-corrected chi connectivity index (χ2v) is 6.20. The Kier molecular flexibility index (Phi) is 6.65. The largest absolute Gasteiger partial charge is 0.481 e. The summed E-state index contributed by atoms with van der Waals surface area (Å²) < 4.78 is 0. The van der Waals surface area contributed by atoms with Crippen molar-refractivity contribution < 1.29 is 19.5 Å². The van der Waals surface area contributed by atoms with E-state index >= 15 is 0 Å². The molecule has 1 fully saturated rings. The van der Waals surface area contributed by atoms with Crippen molar-refractivity contribution in [3.05, 3.63) is 0 Å². The molecular weight excluding hydrogens is 272 g/mol. The first-order chi connectivity index (χ1) is 9.81. The molecule has 0 aromatic carbocycles. The van der Waals surface area contributed by atoms with E-state index in [4.69, 9.17) is 5.11 Å². The van der Waals surface area contributed by atoms with Gasteiger partial charge in [-0.15, -0.1) is 0 Å². The number of likely N-dealkylation sites (tertiary alicyclic amines) is 1. The predicted molar refractivity (Wildman–Crippen MR) is 78.6 cm³/mol. The number of carbonyl (C=O) groups excluding carboxylic acids is 2. The molecule has 6 nitrogen and oxygen atoms in total. The molecule has 6 heteroatoms. The summed E-state index contributed by atoms with van der Waals surface area (Å²) in [6.07, 6.45) is 1.41. The molecular formula is C15H26N2O4. The standard InChI is InChI=1S/C15H26N2O4/c1-10(2)15(21)17-6-4-12(5-7-17)14(20)16-9-11(3)8-13(18)19/h10-12H,4-9H2,1-3H3,(H,16,20)(H,18,19). The van der Waals surface area contributed by atoms with E-state index in [0.717, 1.165) is 0 Å². The van der Waals surface area contributed by atoms with Crippen molar-refractivity contribution in [1.29, 1.82) is 0 Å². The molecule has 0 bridgehead atoms. The van der Waals surface area contributed by atoms with Gasteiger partial charge in [0.15, 0.2) is 0 Å². The number of piperidine rings is 1. The maximum absolute atomic E-state index is 12.0. The van der Waals surface area contributed by atoms with Crippen LogP contribution in [0.5, 0.6) is 0 Å². The number of carbonyl (C=O) groups is 3. The van der Waals surface area contributed by atoms with E-state index < -0.39 is 5.97 Å². The minimum atomic E-state index is -0.850. The van der Waals surface area contributed by atoms with Crippen molar-refractivity contribution in [2.24, 2.45) is 17.8 Å². The smallest absolute Gasteiger partial charge is 0.303 e. The van der Waals surface area contributed by atoms with Gasteiger partial charge in [0.25, 0.3) is 0 Å². The fourth-order valence-electron chi connectivity index (χ4n) is 2.52. The Morgan fingerprint density at radius 1 is 1.19 bits per heavy atom. The van der Waals surface area contributed by atoms with Crippen molar-refractivity contribution in [3.8, 4) is 0 Å². The molecule has 1 atom stereocenters. The average Bonchev–Trinajstić information content (AvgIpc) is 2.43. The van der Waals surface area contributed by atoms with Crippen LogP contribution in [-0.4, -0.2) is 47.4 Å². The van der Waals surface area contributed by atoms with Gasteiger partial charge in [-0.2, -0.15) is 0 Å². The molecule has 1 rings (SSSR count). The lowest BCUT2D eigenvalue weighted by atomic mass is 9.95. The molecule has 2 amide bonds. The SMILES string of the molecule is CC(CNC(=O)C1CCN(C(=O)C(C)C)CC1)CC(=O)O. The van der Waals surface area contributed by atoms with Gasteiger partial charge in [-0.25, -0.2) is 0 Å². The number of amides is 2. The van der Waals surface area contributed by atoms with Crippen LogP contribution in [0, 0.1) is 17.8 Å². The Hall–Kier alpha value is -1.59. The van der Waals surface area contributed by atoms with Crippen molar-refractivity contribution in [2.75, 3.05) is 19.6 Å². The van der Waals surface area contributed by atoms with Crippen LogP contribution >= 0.6 is 0 Å². The van der Waals surface area contributed by atoms with Crippen molar-refractivity contribution in [2.45, 2.75) is 40.0 Å². The van der Waals surface area contributed by atoms with Gasteiger partial charge < -0.3 is 15.3 Å². The lowest BCUT2D eigenvalue weighted by molar-refractivity contribution is -0.138. The summed E-state index contributed by atoms with van der Waals surface area (Å²) in [5, 5.41) is 11.5. The highest BCUT2D eigenvalue weighted by molar-refractivity contribution is 5.80. The highest BCUT2D eigenvalue weighted by Crippen LogP contribution is 2.19. The maximum Gasteiger partial charge on any atom is 0.303 e. The molecule has 1 heterocycles. The van der Waals surface area contributed by atoms with E-state index in [2.05, 4.69) is 5.32 Å². The van der Waals surface area contributed by atoms with Gasteiger partial charge in [0.05, 0.1) is 0 Å². The number of rotatable bonds is 6. The molecule has 1 aliphatic rings. The Bertz CT molecular complexity index is 387. The molecule has 0 aromatic heterocycles. The van der Waals surface area contributed by atoms with Crippen molar-refractivity contribution in [1.82, 2.24) is 10.2 Å². The van der Waals surface area contributed by atoms with Crippen LogP contribution in [0.25, 0.3) is 0 Å². The Labute approximate surface area is 125 Å².